The van der Waals surface area contributed by atoms with Gasteiger partial charge in [0.1, 0.15) is 0 Å². The summed E-state index contributed by atoms with van der Waals surface area (Å²) in [5.41, 5.74) is 5.35. The molecule has 0 amide bonds. The van der Waals surface area contributed by atoms with Gasteiger partial charge < -0.3 is 5.73 Å². The highest BCUT2D eigenvalue weighted by atomic mass is 19.4. The van der Waals surface area contributed by atoms with Crippen molar-refractivity contribution in [2.45, 2.75) is 37.9 Å². The maximum absolute atomic E-state index is 12.1. The standard InChI is InChI=1S/C7H12F3N/c8-7(9,10)5-3-1-2-4-6(5)11/h5-6H,1-4,11H2/t5-,6+/m0/s1. The van der Waals surface area contributed by atoms with E-state index in [1.165, 1.54) is 0 Å². The van der Waals surface area contributed by atoms with Crippen molar-refractivity contribution < 1.29 is 13.2 Å². The van der Waals surface area contributed by atoms with Gasteiger partial charge in [-0.3, -0.25) is 0 Å². The lowest BCUT2D eigenvalue weighted by atomic mass is 9.85. The van der Waals surface area contributed by atoms with Crippen LogP contribution in [-0.4, -0.2) is 12.2 Å². The summed E-state index contributed by atoms with van der Waals surface area (Å²) in [4.78, 5) is 0. The first kappa shape index (κ1) is 8.84. The summed E-state index contributed by atoms with van der Waals surface area (Å²) in [6, 6.07) is -0.663. The zero-order valence-corrected chi connectivity index (χ0v) is 6.19. The Balaban J connectivity index is 2.55. The molecule has 4 heteroatoms. The third-order valence-electron chi connectivity index (χ3n) is 2.24. The van der Waals surface area contributed by atoms with Crippen molar-refractivity contribution in [1.29, 1.82) is 0 Å². The van der Waals surface area contributed by atoms with Crippen LogP contribution in [0.1, 0.15) is 25.7 Å². The number of alkyl halides is 3. The van der Waals surface area contributed by atoms with Gasteiger partial charge in [0.15, 0.2) is 0 Å². The highest BCUT2D eigenvalue weighted by Crippen LogP contribution is 2.36. The predicted octanol–water partition coefficient (Wildman–Crippen LogP) is 2.07. The molecule has 1 rings (SSSR count). The van der Waals surface area contributed by atoms with Gasteiger partial charge in [0.05, 0.1) is 5.92 Å². The fraction of sp³-hybridized carbons (Fsp3) is 1.00. The Hall–Kier alpha value is -0.250. The molecule has 2 N–H and O–H groups in total. The molecule has 0 spiro atoms. The van der Waals surface area contributed by atoms with E-state index in [1.54, 1.807) is 0 Å². The van der Waals surface area contributed by atoms with Crippen LogP contribution in [0.5, 0.6) is 0 Å². The van der Waals surface area contributed by atoms with Crippen molar-refractivity contribution in [3.05, 3.63) is 0 Å². The average molecular weight is 167 g/mol. The van der Waals surface area contributed by atoms with Gasteiger partial charge in [0, 0.05) is 6.04 Å². The van der Waals surface area contributed by atoms with E-state index in [0.29, 0.717) is 12.8 Å². The fourth-order valence-corrected chi connectivity index (χ4v) is 1.57. The molecule has 66 valence electrons. The lowest BCUT2D eigenvalue weighted by molar-refractivity contribution is -0.186. The number of nitrogens with two attached hydrogens (primary N) is 1. The van der Waals surface area contributed by atoms with Gasteiger partial charge in [-0.05, 0) is 12.8 Å². The molecule has 0 heterocycles. The van der Waals surface area contributed by atoms with Crippen LogP contribution >= 0.6 is 0 Å². The lowest BCUT2D eigenvalue weighted by Gasteiger charge is -2.29. The molecule has 2 atom stereocenters. The quantitative estimate of drug-likeness (QED) is 0.587. The SMILES string of the molecule is N[C@@H]1CCCC[C@@H]1C(F)(F)F. The van der Waals surface area contributed by atoms with Gasteiger partial charge in [-0.15, -0.1) is 0 Å². The highest BCUT2D eigenvalue weighted by molar-refractivity contribution is 4.82. The Morgan fingerprint density at radius 3 is 2.00 bits per heavy atom. The van der Waals surface area contributed by atoms with E-state index < -0.39 is 18.1 Å². The molecular weight excluding hydrogens is 155 g/mol. The van der Waals surface area contributed by atoms with Crippen molar-refractivity contribution in [3.63, 3.8) is 0 Å². The molecule has 0 radical (unpaired) electrons. The summed E-state index contributed by atoms with van der Waals surface area (Å²) in [5, 5.41) is 0. The summed E-state index contributed by atoms with van der Waals surface area (Å²) in [5.74, 6) is -1.25. The Kier molecular flexibility index (Phi) is 2.42. The van der Waals surface area contributed by atoms with E-state index in [9.17, 15) is 13.2 Å². The van der Waals surface area contributed by atoms with Crippen LogP contribution in [0, 0.1) is 5.92 Å². The van der Waals surface area contributed by atoms with Gasteiger partial charge in [0.2, 0.25) is 0 Å². The van der Waals surface area contributed by atoms with Crippen LogP contribution in [0.3, 0.4) is 0 Å². The first-order valence-electron chi connectivity index (χ1n) is 3.84. The Morgan fingerprint density at radius 2 is 1.64 bits per heavy atom. The molecular formula is C7H12F3N. The minimum atomic E-state index is -4.08. The smallest absolute Gasteiger partial charge is 0.327 e. The molecule has 1 aliphatic rings. The molecule has 0 aromatic rings. The zero-order chi connectivity index (χ0) is 8.48. The van der Waals surface area contributed by atoms with Crippen molar-refractivity contribution in [2.75, 3.05) is 0 Å². The van der Waals surface area contributed by atoms with Crippen molar-refractivity contribution in [3.8, 4) is 0 Å². The molecule has 0 unspecified atom stereocenters. The van der Waals surface area contributed by atoms with Crippen molar-refractivity contribution in [1.82, 2.24) is 0 Å². The maximum Gasteiger partial charge on any atom is 0.393 e. The molecule has 0 saturated heterocycles. The van der Waals surface area contributed by atoms with Gasteiger partial charge >= 0.3 is 6.18 Å². The first-order valence-corrected chi connectivity index (χ1v) is 3.84. The Morgan fingerprint density at radius 1 is 1.09 bits per heavy atom. The summed E-state index contributed by atoms with van der Waals surface area (Å²) >= 11 is 0. The molecule has 1 nitrogen and oxygen atoms in total. The number of halogens is 3. The van der Waals surface area contributed by atoms with Crippen LogP contribution in [0.15, 0.2) is 0 Å². The fourth-order valence-electron chi connectivity index (χ4n) is 1.57. The number of hydrogen-bond acceptors (Lipinski definition) is 1. The molecule has 0 aromatic heterocycles. The maximum atomic E-state index is 12.1. The first-order chi connectivity index (χ1) is 5.02. The average Bonchev–Trinajstić information content (AvgIpc) is 1.86. The molecule has 1 fully saturated rings. The topological polar surface area (TPSA) is 26.0 Å². The van der Waals surface area contributed by atoms with E-state index in [-0.39, 0.29) is 6.42 Å². The Labute approximate surface area is 63.8 Å². The minimum absolute atomic E-state index is 0.213. The van der Waals surface area contributed by atoms with Crippen LogP contribution in [-0.2, 0) is 0 Å². The zero-order valence-electron chi connectivity index (χ0n) is 6.19. The van der Waals surface area contributed by atoms with E-state index in [1.807, 2.05) is 0 Å². The van der Waals surface area contributed by atoms with Crippen LogP contribution in [0.2, 0.25) is 0 Å². The van der Waals surface area contributed by atoms with Crippen LogP contribution in [0.25, 0.3) is 0 Å². The van der Waals surface area contributed by atoms with Crippen LogP contribution < -0.4 is 5.73 Å². The number of rotatable bonds is 0. The predicted molar refractivity (Wildman–Crippen MR) is 36.0 cm³/mol. The van der Waals surface area contributed by atoms with E-state index >= 15 is 0 Å². The van der Waals surface area contributed by atoms with Crippen molar-refractivity contribution in [2.24, 2.45) is 11.7 Å². The normalized spacial score (nSPS) is 33.8. The van der Waals surface area contributed by atoms with Gasteiger partial charge in [-0.2, -0.15) is 13.2 Å². The summed E-state index contributed by atoms with van der Waals surface area (Å²) in [7, 11) is 0. The van der Waals surface area contributed by atoms with Gasteiger partial charge in [-0.25, -0.2) is 0 Å². The van der Waals surface area contributed by atoms with Crippen LogP contribution in [0.4, 0.5) is 13.2 Å². The van der Waals surface area contributed by atoms with Gasteiger partial charge in [-0.1, -0.05) is 12.8 Å². The second-order valence-electron chi connectivity index (χ2n) is 3.10. The van der Waals surface area contributed by atoms with E-state index in [0.717, 1.165) is 6.42 Å². The van der Waals surface area contributed by atoms with Crippen molar-refractivity contribution >= 4 is 0 Å². The Bertz CT molecular complexity index is 132. The lowest BCUT2D eigenvalue weighted by Crippen LogP contribution is -2.41. The monoisotopic (exact) mass is 167 g/mol. The van der Waals surface area contributed by atoms with Gasteiger partial charge in [0.25, 0.3) is 0 Å². The minimum Gasteiger partial charge on any atom is -0.327 e. The van der Waals surface area contributed by atoms with E-state index in [2.05, 4.69) is 0 Å². The third kappa shape index (κ3) is 2.09. The largest absolute Gasteiger partial charge is 0.393 e. The molecule has 1 aliphatic carbocycles. The molecule has 1 saturated carbocycles. The third-order valence-corrected chi connectivity index (χ3v) is 2.24. The molecule has 0 aromatic carbocycles. The molecule has 11 heavy (non-hydrogen) atoms. The summed E-state index contributed by atoms with van der Waals surface area (Å²) in [6.45, 7) is 0. The highest BCUT2D eigenvalue weighted by Gasteiger charge is 2.43. The second kappa shape index (κ2) is 3.01. The van der Waals surface area contributed by atoms with E-state index in [4.69, 9.17) is 5.73 Å². The molecule has 0 bridgehead atoms. The summed E-state index contributed by atoms with van der Waals surface area (Å²) < 4.78 is 36.3. The number of hydrogen-bond donors (Lipinski definition) is 1. The second-order valence-corrected chi connectivity index (χ2v) is 3.10. The summed E-state index contributed by atoms with van der Waals surface area (Å²) in [6.07, 6.45) is -1.85. The molecule has 0 aliphatic heterocycles.